The van der Waals surface area contributed by atoms with E-state index in [-0.39, 0.29) is 45.5 Å². The van der Waals surface area contributed by atoms with Gasteiger partial charge in [0.2, 0.25) is 5.12 Å². The first-order valence-corrected chi connectivity index (χ1v) is 2.00. The summed E-state index contributed by atoms with van der Waals surface area (Å²) in [6.45, 7) is 1.37. The number of aliphatic hydroxyl groups is 1. The van der Waals surface area contributed by atoms with Crippen LogP contribution in [0.25, 0.3) is 0 Å². The zero-order valence-electron chi connectivity index (χ0n) is 3.38. The molecule has 1 unspecified atom stereocenters. The molecule has 0 saturated heterocycles. The summed E-state index contributed by atoms with van der Waals surface area (Å²) < 4.78 is 0. The average molecular weight is 196 g/mol. The number of hydrogen-bond donors (Lipinski definition) is 2. The standard InChI is InChI=1S/C3H6O2S.Sr.2H/c1-2(4)3(5)6;;;/h2,4H,1H3,(H,5,6);;;. The Kier molecular flexibility index (Phi) is 9.02. The van der Waals surface area contributed by atoms with E-state index in [1.165, 1.54) is 6.92 Å². The Morgan fingerprint density at radius 1 is 1.86 bits per heavy atom. The molecule has 0 radical (unpaired) electrons. The van der Waals surface area contributed by atoms with Crippen molar-refractivity contribution in [3.8, 4) is 0 Å². The van der Waals surface area contributed by atoms with Gasteiger partial charge in [-0.25, -0.2) is 0 Å². The van der Waals surface area contributed by atoms with Crippen LogP contribution < -0.4 is 0 Å². The SMILES string of the molecule is CC(O)C(=O)S.[SrH2]. The fraction of sp³-hybridized carbons (Fsp3) is 0.667. The van der Waals surface area contributed by atoms with E-state index in [0.717, 1.165) is 0 Å². The van der Waals surface area contributed by atoms with E-state index in [1.54, 1.807) is 0 Å². The van der Waals surface area contributed by atoms with Gasteiger partial charge in [0.1, 0.15) is 6.10 Å². The van der Waals surface area contributed by atoms with Crippen molar-refractivity contribution in [3.63, 3.8) is 0 Å². The second-order valence-corrected chi connectivity index (χ2v) is 1.45. The van der Waals surface area contributed by atoms with Crippen LogP contribution in [-0.4, -0.2) is 61.8 Å². The van der Waals surface area contributed by atoms with Crippen LogP contribution in [-0.2, 0) is 4.79 Å². The van der Waals surface area contributed by atoms with Crippen LogP contribution in [0.2, 0.25) is 0 Å². The molecule has 0 aliphatic rings. The van der Waals surface area contributed by atoms with Crippen LogP contribution >= 0.6 is 12.6 Å². The van der Waals surface area contributed by atoms with Gasteiger partial charge >= 0.3 is 45.5 Å². The van der Waals surface area contributed by atoms with Gasteiger partial charge in [-0.1, -0.05) is 0 Å². The zero-order chi connectivity index (χ0) is 5.15. The summed E-state index contributed by atoms with van der Waals surface area (Å²) in [4.78, 5) is 9.76. The summed E-state index contributed by atoms with van der Waals surface area (Å²) in [5.41, 5.74) is 0. The predicted molar refractivity (Wildman–Crippen MR) is 34.2 cm³/mol. The van der Waals surface area contributed by atoms with Gasteiger partial charge in [-0.2, -0.15) is 0 Å². The molecule has 0 heterocycles. The van der Waals surface area contributed by atoms with Gasteiger partial charge in [-0.05, 0) is 6.92 Å². The molecular formula is C3H8O2SSr. The topological polar surface area (TPSA) is 37.3 Å². The number of rotatable bonds is 1. The van der Waals surface area contributed by atoms with E-state index in [1.807, 2.05) is 0 Å². The van der Waals surface area contributed by atoms with Gasteiger partial charge in [0.05, 0.1) is 0 Å². The third-order valence-corrected chi connectivity index (χ3v) is 0.731. The normalized spacial score (nSPS) is 11.9. The van der Waals surface area contributed by atoms with E-state index < -0.39 is 11.2 Å². The monoisotopic (exact) mass is 196 g/mol. The van der Waals surface area contributed by atoms with Crippen LogP contribution in [0.15, 0.2) is 0 Å². The summed E-state index contributed by atoms with van der Waals surface area (Å²) >= 11 is 3.30. The summed E-state index contributed by atoms with van der Waals surface area (Å²) in [7, 11) is 0. The number of thiol groups is 1. The second kappa shape index (κ2) is 5.59. The fourth-order valence-electron chi connectivity index (χ4n) is 0. The molecule has 0 saturated carbocycles. The van der Waals surface area contributed by atoms with Gasteiger partial charge in [0, 0.05) is 0 Å². The molecule has 0 bridgehead atoms. The predicted octanol–water partition coefficient (Wildman–Crippen LogP) is -1.09. The number of carbonyl (C=O) groups is 1. The maximum absolute atomic E-state index is 9.76. The van der Waals surface area contributed by atoms with Crippen molar-refractivity contribution < 1.29 is 9.90 Å². The fourth-order valence-corrected chi connectivity index (χ4v) is 0. The zero-order valence-corrected chi connectivity index (χ0v) is 4.27. The van der Waals surface area contributed by atoms with Gasteiger partial charge in [-0.3, -0.25) is 4.79 Å². The van der Waals surface area contributed by atoms with Crippen LogP contribution in [0.3, 0.4) is 0 Å². The molecule has 0 fully saturated rings. The van der Waals surface area contributed by atoms with E-state index in [0.29, 0.717) is 0 Å². The van der Waals surface area contributed by atoms with Gasteiger partial charge < -0.3 is 5.11 Å². The average Bonchev–Trinajstić information content (AvgIpc) is 1.36. The minimum absolute atomic E-state index is 0. The first-order valence-electron chi connectivity index (χ1n) is 1.55. The number of hydrogen-bond acceptors (Lipinski definition) is 2. The Morgan fingerprint density at radius 2 is 2.00 bits per heavy atom. The molecule has 0 aliphatic carbocycles. The first-order chi connectivity index (χ1) is 2.64. The molecule has 0 aromatic carbocycles. The molecule has 7 heavy (non-hydrogen) atoms. The van der Waals surface area contributed by atoms with Crippen LogP contribution in [0.5, 0.6) is 0 Å². The van der Waals surface area contributed by atoms with Crippen molar-refractivity contribution in [3.05, 3.63) is 0 Å². The molecule has 0 amide bonds. The molecule has 0 aliphatic heterocycles. The van der Waals surface area contributed by atoms with Crippen LogP contribution in [0, 0.1) is 0 Å². The molecular weight excluding hydrogens is 188 g/mol. The number of aliphatic hydroxyl groups excluding tert-OH is 1. The van der Waals surface area contributed by atoms with Gasteiger partial charge in [-0.15, -0.1) is 12.6 Å². The molecule has 2 nitrogen and oxygen atoms in total. The molecule has 0 rings (SSSR count). The van der Waals surface area contributed by atoms with Crippen molar-refractivity contribution in [1.82, 2.24) is 0 Å². The van der Waals surface area contributed by atoms with Crippen molar-refractivity contribution in [2.45, 2.75) is 13.0 Å². The van der Waals surface area contributed by atoms with Crippen LogP contribution in [0.1, 0.15) is 6.92 Å². The third-order valence-electron chi connectivity index (χ3n) is 0.357. The number of carbonyl (C=O) groups excluding carboxylic acids is 1. The van der Waals surface area contributed by atoms with E-state index >= 15 is 0 Å². The Balaban J connectivity index is 0. The second-order valence-electron chi connectivity index (χ2n) is 1.01. The van der Waals surface area contributed by atoms with E-state index in [2.05, 4.69) is 12.6 Å². The van der Waals surface area contributed by atoms with Gasteiger partial charge in [0.25, 0.3) is 0 Å². The molecule has 40 valence electrons. The van der Waals surface area contributed by atoms with E-state index in [9.17, 15) is 4.79 Å². The van der Waals surface area contributed by atoms with Crippen molar-refractivity contribution >= 4 is 63.2 Å². The Hall–Kier alpha value is 1.46. The van der Waals surface area contributed by atoms with Crippen molar-refractivity contribution in [1.29, 1.82) is 0 Å². The van der Waals surface area contributed by atoms with E-state index in [4.69, 9.17) is 5.11 Å². The maximum atomic E-state index is 9.76. The molecule has 4 heteroatoms. The molecule has 0 aromatic heterocycles. The molecule has 0 aromatic rings. The third kappa shape index (κ3) is 7.46. The summed E-state index contributed by atoms with van der Waals surface area (Å²) in [6.07, 6.45) is -0.923. The Bertz CT molecular complexity index is 64.0. The van der Waals surface area contributed by atoms with Crippen molar-refractivity contribution in [2.75, 3.05) is 0 Å². The Labute approximate surface area is 85.0 Å². The van der Waals surface area contributed by atoms with Crippen LogP contribution in [0.4, 0.5) is 0 Å². The van der Waals surface area contributed by atoms with Crippen molar-refractivity contribution in [2.24, 2.45) is 0 Å². The minimum atomic E-state index is -0.923. The molecule has 1 atom stereocenters. The molecule has 0 spiro atoms. The first kappa shape index (κ1) is 11.3. The summed E-state index contributed by atoms with van der Waals surface area (Å²) in [6, 6.07) is 0. The quantitative estimate of drug-likeness (QED) is 0.412. The summed E-state index contributed by atoms with van der Waals surface area (Å²) in [5.74, 6) is 0. The molecule has 1 N–H and O–H groups in total. The van der Waals surface area contributed by atoms with Gasteiger partial charge in [0.15, 0.2) is 0 Å². The Morgan fingerprint density at radius 3 is 2.00 bits per heavy atom. The summed E-state index contributed by atoms with van der Waals surface area (Å²) in [5, 5.41) is 7.71.